The lowest BCUT2D eigenvalue weighted by atomic mass is 9.85. The molecule has 190 valence electrons. The van der Waals surface area contributed by atoms with Crippen LogP contribution in [-0.2, 0) is 41.2 Å². The van der Waals surface area contributed by atoms with Crippen LogP contribution >= 0.6 is 11.3 Å². The number of nitrogens with zero attached hydrogens (tertiary/aromatic N) is 2. The summed E-state index contributed by atoms with van der Waals surface area (Å²) in [5, 5.41) is 17.9. The molecule has 0 bridgehead atoms. The molecule has 0 saturated heterocycles. The third-order valence-electron chi connectivity index (χ3n) is 7.40. The van der Waals surface area contributed by atoms with Crippen molar-refractivity contribution in [1.82, 2.24) is 14.9 Å². The molecule has 0 aliphatic carbocycles. The summed E-state index contributed by atoms with van der Waals surface area (Å²) in [6, 6.07) is 11.5. The molecule has 37 heavy (non-hydrogen) atoms. The summed E-state index contributed by atoms with van der Waals surface area (Å²) in [5.41, 5.74) is 2.70. The van der Waals surface area contributed by atoms with Gasteiger partial charge in [0, 0.05) is 34.4 Å². The maximum Gasteiger partial charge on any atom is 0.343 e. The monoisotopic (exact) mass is 517 g/mol. The van der Waals surface area contributed by atoms with Crippen LogP contribution in [0.2, 0.25) is 0 Å². The lowest BCUT2D eigenvalue weighted by Crippen LogP contribution is -2.46. The van der Waals surface area contributed by atoms with Gasteiger partial charge < -0.3 is 24.5 Å². The minimum atomic E-state index is -1.91. The molecular formula is C28H27N3O5S. The summed E-state index contributed by atoms with van der Waals surface area (Å²) in [7, 11) is 1.63. The number of aryl methyl sites for hydroxylation is 1. The van der Waals surface area contributed by atoms with Gasteiger partial charge in [0.05, 0.1) is 36.1 Å². The van der Waals surface area contributed by atoms with Gasteiger partial charge in [0.25, 0.3) is 5.56 Å². The molecule has 5 heterocycles. The maximum absolute atomic E-state index is 13.6. The van der Waals surface area contributed by atoms with E-state index in [1.807, 2.05) is 35.7 Å². The molecule has 2 aliphatic heterocycles. The van der Waals surface area contributed by atoms with Crippen LogP contribution in [-0.4, -0.2) is 34.3 Å². The Balaban J connectivity index is 1.42. The third-order valence-corrected chi connectivity index (χ3v) is 8.27. The minimum Gasteiger partial charge on any atom is -0.497 e. The standard InChI is InChI=1S/C28H27N3O5S/c1-3-18-19-11-16(35-2)6-7-23(19)30-25-20(18)14-31-24(25)12-22-21(26(31)32)15-36-27(33)28(22,34)8-9-29-13-17-5-4-10-37-17/h4-7,10-12,29,34H,3,8-9,13-15H2,1-2H3/t28-/m0/s1. The first-order chi connectivity index (χ1) is 17.9. The van der Waals surface area contributed by atoms with Crippen molar-refractivity contribution >= 4 is 28.2 Å². The number of aromatic nitrogens is 2. The Labute approximate surface area is 217 Å². The van der Waals surface area contributed by atoms with Crippen molar-refractivity contribution in [2.45, 2.75) is 45.1 Å². The first-order valence-electron chi connectivity index (χ1n) is 12.3. The number of esters is 1. The molecule has 1 atom stereocenters. The van der Waals surface area contributed by atoms with Gasteiger partial charge in [-0.1, -0.05) is 13.0 Å². The van der Waals surface area contributed by atoms with Gasteiger partial charge in [0.1, 0.15) is 12.4 Å². The van der Waals surface area contributed by atoms with E-state index in [0.29, 0.717) is 42.1 Å². The number of cyclic esters (lactones) is 1. The lowest BCUT2D eigenvalue weighted by Gasteiger charge is -2.32. The Hall–Kier alpha value is -3.53. The maximum atomic E-state index is 13.6. The van der Waals surface area contributed by atoms with E-state index in [1.165, 1.54) is 0 Å². The highest BCUT2D eigenvalue weighted by atomic mass is 32.1. The number of aliphatic hydroxyl groups is 1. The van der Waals surface area contributed by atoms with Crippen molar-refractivity contribution in [3.05, 3.63) is 79.3 Å². The second-order valence-electron chi connectivity index (χ2n) is 9.41. The topological polar surface area (TPSA) is 103 Å². The van der Waals surface area contributed by atoms with Crippen molar-refractivity contribution in [2.75, 3.05) is 13.7 Å². The van der Waals surface area contributed by atoms with E-state index in [-0.39, 0.29) is 18.6 Å². The van der Waals surface area contributed by atoms with Crippen LogP contribution in [0.3, 0.4) is 0 Å². The fourth-order valence-corrected chi connectivity index (χ4v) is 6.14. The Bertz CT molecular complexity index is 1590. The quantitative estimate of drug-likeness (QED) is 0.252. The number of hydrogen-bond acceptors (Lipinski definition) is 8. The third kappa shape index (κ3) is 3.77. The number of pyridine rings is 2. The highest BCUT2D eigenvalue weighted by Gasteiger charge is 2.46. The van der Waals surface area contributed by atoms with Crippen LogP contribution in [0.5, 0.6) is 5.75 Å². The second-order valence-corrected chi connectivity index (χ2v) is 10.4. The number of hydrogen-bond donors (Lipinski definition) is 2. The van der Waals surface area contributed by atoms with Gasteiger partial charge in [0.2, 0.25) is 0 Å². The molecule has 1 aromatic carbocycles. The summed E-state index contributed by atoms with van der Waals surface area (Å²) in [5.74, 6) is 0.0220. The van der Waals surface area contributed by atoms with Crippen molar-refractivity contribution < 1.29 is 19.4 Å². The first-order valence-corrected chi connectivity index (χ1v) is 13.2. The molecule has 4 aromatic rings. The van der Waals surface area contributed by atoms with Gasteiger partial charge >= 0.3 is 5.97 Å². The smallest absolute Gasteiger partial charge is 0.343 e. The number of thiophene rings is 1. The van der Waals surface area contributed by atoms with E-state index >= 15 is 0 Å². The number of nitrogens with one attached hydrogen (secondary N) is 1. The van der Waals surface area contributed by atoms with Crippen LogP contribution in [0.4, 0.5) is 0 Å². The van der Waals surface area contributed by atoms with Gasteiger partial charge in [-0.15, -0.1) is 11.3 Å². The highest BCUT2D eigenvalue weighted by Crippen LogP contribution is 2.40. The average molecular weight is 518 g/mol. The molecule has 0 amide bonds. The van der Waals surface area contributed by atoms with Crippen LogP contribution < -0.4 is 15.6 Å². The Kier molecular flexibility index (Phi) is 5.86. The predicted octanol–water partition coefficient (Wildman–Crippen LogP) is 3.48. The largest absolute Gasteiger partial charge is 0.497 e. The highest BCUT2D eigenvalue weighted by molar-refractivity contribution is 7.09. The molecule has 8 nitrogen and oxygen atoms in total. The lowest BCUT2D eigenvalue weighted by molar-refractivity contribution is -0.172. The van der Waals surface area contributed by atoms with Crippen molar-refractivity contribution in [3.63, 3.8) is 0 Å². The van der Waals surface area contributed by atoms with Gasteiger partial charge in [0.15, 0.2) is 5.60 Å². The molecule has 0 radical (unpaired) electrons. The first kappa shape index (κ1) is 23.8. The molecule has 2 aliphatic rings. The SMILES string of the molecule is CCc1c2c(nc3ccc(OC)cc13)-c1cc3c(c(=O)n1C2)COC(=O)[C@]3(O)CCNCc1cccs1. The number of ether oxygens (including phenoxy) is 2. The summed E-state index contributed by atoms with van der Waals surface area (Å²) in [4.78, 5) is 32.6. The molecule has 2 N–H and O–H groups in total. The number of benzene rings is 1. The molecule has 0 spiro atoms. The molecule has 0 unspecified atom stereocenters. The Morgan fingerprint density at radius 2 is 2.11 bits per heavy atom. The zero-order valence-corrected chi connectivity index (χ0v) is 21.5. The zero-order chi connectivity index (χ0) is 25.7. The van der Waals surface area contributed by atoms with Crippen LogP contribution in [0.15, 0.2) is 46.6 Å². The summed E-state index contributed by atoms with van der Waals surface area (Å²) in [6.07, 6.45) is 0.851. The molecule has 9 heteroatoms. The van der Waals surface area contributed by atoms with E-state index in [4.69, 9.17) is 14.5 Å². The Morgan fingerprint density at radius 1 is 1.24 bits per heavy atom. The summed E-state index contributed by atoms with van der Waals surface area (Å²) >= 11 is 1.64. The van der Waals surface area contributed by atoms with Crippen LogP contribution in [0, 0.1) is 0 Å². The van der Waals surface area contributed by atoms with Gasteiger partial charge in [-0.3, -0.25) is 4.79 Å². The number of carbonyl (C=O) groups excluding carboxylic acids is 1. The molecule has 0 fully saturated rings. The zero-order valence-electron chi connectivity index (χ0n) is 20.7. The molecule has 0 saturated carbocycles. The van der Waals surface area contributed by atoms with Crippen molar-refractivity contribution in [1.29, 1.82) is 0 Å². The fraction of sp³-hybridized carbons (Fsp3) is 0.321. The normalized spacial score (nSPS) is 17.9. The molecule has 6 rings (SSSR count). The minimum absolute atomic E-state index is 0.0884. The van der Waals surface area contributed by atoms with Crippen LogP contribution in [0.1, 0.15) is 40.5 Å². The number of fused-ring (bicyclic) bond motifs is 5. The van der Waals surface area contributed by atoms with E-state index in [2.05, 4.69) is 12.2 Å². The number of carbonyl (C=O) groups is 1. The number of rotatable bonds is 7. The molecular weight excluding hydrogens is 490 g/mol. The number of methoxy groups -OCH3 is 1. The molecule has 3 aromatic heterocycles. The predicted molar refractivity (Wildman–Crippen MR) is 141 cm³/mol. The van der Waals surface area contributed by atoms with Gasteiger partial charge in [-0.25, -0.2) is 9.78 Å². The summed E-state index contributed by atoms with van der Waals surface area (Å²) in [6.45, 7) is 3.33. The van der Waals surface area contributed by atoms with Gasteiger partial charge in [-0.05, 0) is 54.2 Å². The van der Waals surface area contributed by atoms with E-state index < -0.39 is 11.6 Å². The van der Waals surface area contributed by atoms with Crippen molar-refractivity contribution in [3.8, 4) is 17.1 Å². The summed E-state index contributed by atoms with van der Waals surface area (Å²) < 4.78 is 12.4. The fourth-order valence-electron chi connectivity index (χ4n) is 5.47. The van der Waals surface area contributed by atoms with E-state index in [1.54, 1.807) is 29.1 Å². The van der Waals surface area contributed by atoms with Gasteiger partial charge in [-0.2, -0.15) is 0 Å². The van der Waals surface area contributed by atoms with Crippen molar-refractivity contribution in [2.24, 2.45) is 0 Å². The van der Waals surface area contributed by atoms with E-state index in [0.717, 1.165) is 39.1 Å². The van der Waals surface area contributed by atoms with E-state index in [9.17, 15) is 14.7 Å². The second kappa shape index (κ2) is 9.09. The Morgan fingerprint density at radius 3 is 2.86 bits per heavy atom. The average Bonchev–Trinajstić information content (AvgIpc) is 3.56. The van der Waals surface area contributed by atoms with Crippen LogP contribution in [0.25, 0.3) is 22.3 Å².